The van der Waals surface area contributed by atoms with Gasteiger partial charge in [0.1, 0.15) is 5.75 Å². The van der Waals surface area contributed by atoms with Crippen molar-refractivity contribution in [1.29, 1.82) is 0 Å². The fourth-order valence-electron chi connectivity index (χ4n) is 4.64. The number of hydrogen-bond acceptors (Lipinski definition) is 7. The third-order valence-corrected chi connectivity index (χ3v) is 6.27. The van der Waals surface area contributed by atoms with Gasteiger partial charge in [0.05, 0.1) is 36.5 Å². The van der Waals surface area contributed by atoms with E-state index in [1.165, 1.54) is 11.1 Å². The van der Waals surface area contributed by atoms with E-state index in [4.69, 9.17) is 9.72 Å². The second kappa shape index (κ2) is 7.85. The van der Waals surface area contributed by atoms with Gasteiger partial charge in [0.15, 0.2) is 5.65 Å². The first-order valence-corrected chi connectivity index (χ1v) is 10.6. The van der Waals surface area contributed by atoms with Gasteiger partial charge in [-0.3, -0.25) is 0 Å². The molecule has 8 heteroatoms. The average Bonchev–Trinajstić information content (AvgIpc) is 3.16. The van der Waals surface area contributed by atoms with Crippen LogP contribution < -0.4 is 10.1 Å². The molecule has 2 aliphatic rings. The lowest BCUT2D eigenvalue weighted by Gasteiger charge is -2.26. The first-order valence-electron chi connectivity index (χ1n) is 10.6. The smallest absolute Gasteiger partial charge is 0.229 e. The molecule has 0 radical (unpaired) electrons. The normalized spacial score (nSPS) is 22.1. The van der Waals surface area contributed by atoms with Crippen molar-refractivity contribution in [2.75, 3.05) is 26.0 Å². The fraction of sp³-hybridized carbons (Fsp3) is 0.500. The summed E-state index contributed by atoms with van der Waals surface area (Å²) in [6.07, 6.45) is 7.95. The minimum Gasteiger partial charge on any atom is -0.495 e. The minimum atomic E-state index is -0.264. The number of aliphatic hydroxyl groups excluding tert-OH is 1. The van der Waals surface area contributed by atoms with Crippen LogP contribution in [0.3, 0.4) is 0 Å². The molecule has 1 aromatic carbocycles. The van der Waals surface area contributed by atoms with Crippen molar-refractivity contribution in [3.05, 3.63) is 35.7 Å². The summed E-state index contributed by atoms with van der Waals surface area (Å²) < 4.78 is 7.58. The number of aromatic nitrogens is 4. The number of anilines is 2. The number of nitrogens with zero attached hydrogens (tertiary/aromatic N) is 5. The lowest BCUT2D eigenvalue weighted by Crippen LogP contribution is -2.26. The van der Waals surface area contributed by atoms with Crippen LogP contribution in [-0.2, 0) is 13.0 Å². The third-order valence-electron chi connectivity index (χ3n) is 6.27. The van der Waals surface area contributed by atoms with Gasteiger partial charge in [-0.05, 0) is 62.4 Å². The molecule has 1 aliphatic carbocycles. The van der Waals surface area contributed by atoms with E-state index in [-0.39, 0.29) is 12.1 Å². The molecule has 3 heterocycles. The molecule has 0 amide bonds. The highest BCUT2D eigenvalue weighted by molar-refractivity contribution is 5.76. The van der Waals surface area contributed by atoms with Gasteiger partial charge in [-0.1, -0.05) is 0 Å². The predicted molar refractivity (Wildman–Crippen MR) is 115 cm³/mol. The van der Waals surface area contributed by atoms with Crippen LogP contribution in [0.4, 0.5) is 11.6 Å². The fourth-order valence-corrected chi connectivity index (χ4v) is 4.64. The maximum Gasteiger partial charge on any atom is 0.229 e. The summed E-state index contributed by atoms with van der Waals surface area (Å²) in [5, 5.41) is 18.9. The maximum absolute atomic E-state index is 10.1. The van der Waals surface area contributed by atoms with E-state index in [1.54, 1.807) is 19.5 Å². The van der Waals surface area contributed by atoms with Crippen LogP contribution in [-0.4, -0.2) is 56.6 Å². The van der Waals surface area contributed by atoms with Gasteiger partial charge in [0.2, 0.25) is 5.95 Å². The van der Waals surface area contributed by atoms with Crippen LogP contribution in [0.15, 0.2) is 24.5 Å². The molecule has 1 saturated carbocycles. The lowest BCUT2D eigenvalue weighted by atomic mass is 9.93. The number of ether oxygens (including phenoxy) is 1. The van der Waals surface area contributed by atoms with Gasteiger partial charge in [-0.25, -0.2) is 9.67 Å². The van der Waals surface area contributed by atoms with Crippen molar-refractivity contribution in [3.63, 3.8) is 0 Å². The van der Waals surface area contributed by atoms with Crippen LogP contribution >= 0.6 is 0 Å². The Balaban J connectivity index is 1.47. The summed E-state index contributed by atoms with van der Waals surface area (Å²) in [4.78, 5) is 11.6. The number of rotatable bonds is 4. The molecular weight excluding hydrogens is 380 g/mol. The minimum absolute atomic E-state index is 0.169. The maximum atomic E-state index is 10.1. The van der Waals surface area contributed by atoms with Crippen LogP contribution in [0.1, 0.15) is 42.9 Å². The number of nitrogens with one attached hydrogen (secondary N) is 1. The molecule has 1 fully saturated rings. The summed E-state index contributed by atoms with van der Waals surface area (Å²) in [7, 11) is 3.83. The Morgan fingerprint density at radius 3 is 2.93 bits per heavy atom. The zero-order valence-corrected chi connectivity index (χ0v) is 17.5. The largest absolute Gasteiger partial charge is 0.495 e. The van der Waals surface area contributed by atoms with Gasteiger partial charge in [-0.15, -0.1) is 0 Å². The molecule has 3 aromatic rings. The highest BCUT2D eigenvalue weighted by Crippen LogP contribution is 2.34. The molecule has 158 valence electrons. The van der Waals surface area contributed by atoms with Crippen molar-refractivity contribution >= 4 is 22.7 Å². The third kappa shape index (κ3) is 3.61. The standard InChI is InChI=1S/C22H28N6O2/c1-27-7-6-14-9-20(30-2)19(8-15(14)13-27)25-22-23-11-16-12-24-28(21(16)26-22)17-4-3-5-18(29)10-17/h8-9,11-12,17-18,29H,3-7,10,13H2,1-2H3,(H,23,25,26)/t17-,18+/m1/s1. The van der Waals surface area contributed by atoms with E-state index in [0.29, 0.717) is 5.95 Å². The molecule has 0 spiro atoms. The SMILES string of the molecule is COc1cc2c(cc1Nc1ncc3cnn([C@@H]4CCC[C@H](O)C4)c3n1)CN(C)CC2. The average molecular weight is 409 g/mol. The van der Waals surface area contributed by atoms with Gasteiger partial charge in [0.25, 0.3) is 0 Å². The Morgan fingerprint density at radius 1 is 1.20 bits per heavy atom. The number of likely N-dealkylation sites (N-methyl/N-ethyl adjacent to an activating group) is 1. The topological polar surface area (TPSA) is 88.3 Å². The quantitative estimate of drug-likeness (QED) is 0.686. The monoisotopic (exact) mass is 408 g/mol. The first-order chi connectivity index (χ1) is 14.6. The molecule has 0 saturated heterocycles. The molecule has 2 aromatic heterocycles. The highest BCUT2D eigenvalue weighted by Gasteiger charge is 2.24. The van der Waals surface area contributed by atoms with E-state index in [0.717, 1.165) is 67.7 Å². The number of hydrogen-bond donors (Lipinski definition) is 2. The van der Waals surface area contributed by atoms with Gasteiger partial charge >= 0.3 is 0 Å². The van der Waals surface area contributed by atoms with Gasteiger partial charge < -0.3 is 20.1 Å². The summed E-state index contributed by atoms with van der Waals surface area (Å²) in [6.45, 7) is 1.98. The Labute approximate surface area is 175 Å². The van der Waals surface area contributed by atoms with Gasteiger partial charge in [-0.2, -0.15) is 10.1 Å². The number of aliphatic hydroxyl groups is 1. The molecule has 2 atom stereocenters. The summed E-state index contributed by atoms with van der Waals surface area (Å²) in [5.41, 5.74) is 4.29. The van der Waals surface area contributed by atoms with Gasteiger partial charge in [0, 0.05) is 19.3 Å². The first kappa shape index (κ1) is 19.3. The Morgan fingerprint density at radius 2 is 2.10 bits per heavy atom. The number of fused-ring (bicyclic) bond motifs is 2. The van der Waals surface area contributed by atoms with Crippen molar-refractivity contribution in [3.8, 4) is 5.75 Å². The Hall–Kier alpha value is -2.71. The Kier molecular flexibility index (Phi) is 5.04. The second-order valence-corrected chi connectivity index (χ2v) is 8.47. The van der Waals surface area contributed by atoms with Crippen LogP contribution in [0, 0.1) is 0 Å². The lowest BCUT2D eigenvalue weighted by molar-refractivity contribution is 0.101. The number of methoxy groups -OCH3 is 1. The van der Waals surface area contributed by atoms with Crippen LogP contribution in [0.2, 0.25) is 0 Å². The van der Waals surface area contributed by atoms with E-state index < -0.39 is 0 Å². The molecular formula is C22H28N6O2. The zero-order chi connectivity index (χ0) is 20.7. The van der Waals surface area contributed by atoms with Crippen molar-refractivity contribution in [2.45, 2.75) is 50.8 Å². The van der Waals surface area contributed by atoms with Crippen molar-refractivity contribution < 1.29 is 9.84 Å². The van der Waals surface area contributed by atoms with E-state index in [9.17, 15) is 5.11 Å². The molecule has 1 aliphatic heterocycles. The highest BCUT2D eigenvalue weighted by atomic mass is 16.5. The zero-order valence-electron chi connectivity index (χ0n) is 17.5. The van der Waals surface area contributed by atoms with Crippen LogP contribution in [0.25, 0.3) is 11.0 Å². The van der Waals surface area contributed by atoms with E-state index in [1.807, 2.05) is 4.68 Å². The van der Waals surface area contributed by atoms with Crippen LogP contribution in [0.5, 0.6) is 5.75 Å². The molecule has 30 heavy (non-hydrogen) atoms. The Bertz CT molecular complexity index is 1070. The van der Waals surface area contributed by atoms with E-state index in [2.05, 4.69) is 39.5 Å². The van der Waals surface area contributed by atoms with Crippen molar-refractivity contribution in [1.82, 2.24) is 24.6 Å². The van der Waals surface area contributed by atoms with E-state index >= 15 is 0 Å². The second-order valence-electron chi connectivity index (χ2n) is 8.47. The molecule has 5 rings (SSSR count). The van der Waals surface area contributed by atoms with Crippen molar-refractivity contribution in [2.24, 2.45) is 0 Å². The summed E-state index contributed by atoms with van der Waals surface area (Å²) in [5.74, 6) is 1.31. The summed E-state index contributed by atoms with van der Waals surface area (Å²) >= 11 is 0. The molecule has 2 N–H and O–H groups in total. The summed E-state index contributed by atoms with van der Waals surface area (Å²) in [6, 6.07) is 4.44. The molecule has 0 unspecified atom stereocenters. The predicted octanol–water partition coefficient (Wildman–Crippen LogP) is 3.04. The number of benzene rings is 1. The molecule has 8 nitrogen and oxygen atoms in total. The molecule has 0 bridgehead atoms.